The van der Waals surface area contributed by atoms with Crippen LogP contribution in [-0.2, 0) is 0 Å². The summed E-state index contributed by atoms with van der Waals surface area (Å²) in [6, 6.07) is 173. The van der Waals surface area contributed by atoms with E-state index in [2.05, 4.69) is 501 Å². The summed E-state index contributed by atoms with van der Waals surface area (Å²) < 4.78 is 14.7. The van der Waals surface area contributed by atoms with Crippen LogP contribution in [0.5, 0.6) is 0 Å². The molecule has 0 unspecified atom stereocenters. The van der Waals surface area contributed by atoms with Gasteiger partial charge in [-0.2, -0.15) is 0 Å². The van der Waals surface area contributed by atoms with E-state index in [1.54, 1.807) is 0 Å². The van der Waals surface area contributed by atoms with Crippen LogP contribution in [0.25, 0.3) is 232 Å². The molecule has 0 amide bonds. The quantitative estimate of drug-likeness (QED) is 0.117. The third-order valence-corrected chi connectivity index (χ3v) is 26.1. The smallest absolute Gasteiger partial charge is 0.0788 e. The van der Waals surface area contributed by atoms with Crippen molar-refractivity contribution in [3.63, 3.8) is 0 Å². The topological polar surface area (TPSA) is 29.6 Å². The molecule has 0 fully saturated rings. The maximum Gasteiger partial charge on any atom is 0.0788 e. The van der Waals surface area contributed by atoms with E-state index in [-0.39, 0.29) is 0 Å². The van der Waals surface area contributed by atoms with E-state index in [4.69, 9.17) is 0 Å². The van der Waals surface area contributed by atoms with Crippen LogP contribution in [0.4, 0.5) is 0 Å². The van der Waals surface area contributed by atoms with Gasteiger partial charge in [-0.25, -0.2) is 0 Å². The van der Waals surface area contributed by atoms with Crippen LogP contribution in [0, 0.1) is 0 Å². The molecule has 0 saturated heterocycles. The van der Waals surface area contributed by atoms with Gasteiger partial charge in [0.05, 0.1) is 66.2 Å². The van der Waals surface area contributed by atoms with Crippen LogP contribution in [0.3, 0.4) is 0 Å². The Morgan fingerprint density at radius 3 is 0.659 bits per heavy atom. The molecule has 588 valence electrons. The first kappa shape index (κ1) is 72.1. The maximum absolute atomic E-state index is 2.49. The Hall–Kier alpha value is -16.8. The van der Waals surface area contributed by atoms with Crippen molar-refractivity contribution in [3.8, 4) is 101 Å². The van der Waals surface area contributed by atoms with E-state index in [0.717, 1.165) is 34.1 Å². The van der Waals surface area contributed by atoms with Gasteiger partial charge in [0.2, 0.25) is 0 Å². The number of para-hydroxylation sites is 6. The van der Waals surface area contributed by atoms with Gasteiger partial charge in [0.15, 0.2) is 0 Å². The largest absolute Gasteiger partial charge is 0.309 e. The predicted octanol–water partition coefficient (Wildman–Crippen LogP) is 32.0. The predicted molar refractivity (Wildman–Crippen MR) is 532 cm³/mol. The average molecular weight is 1600 g/mol. The Balaban J connectivity index is 0.000000137. The highest BCUT2D eigenvalue weighted by molar-refractivity contribution is 6.28. The second kappa shape index (κ2) is 29.5. The molecule has 0 bridgehead atoms. The van der Waals surface area contributed by atoms with Crippen molar-refractivity contribution in [2.24, 2.45) is 0 Å². The van der Waals surface area contributed by atoms with Crippen LogP contribution in [0.15, 0.2) is 473 Å². The minimum atomic E-state index is 1.13. The van der Waals surface area contributed by atoms with E-state index < -0.39 is 0 Å². The van der Waals surface area contributed by atoms with Crippen LogP contribution in [-0.4, -0.2) is 27.4 Å². The van der Waals surface area contributed by atoms with Crippen LogP contribution < -0.4 is 0 Å². The molecular formula is C120H78N6. The van der Waals surface area contributed by atoms with Crippen molar-refractivity contribution < 1.29 is 0 Å². The van der Waals surface area contributed by atoms with E-state index >= 15 is 0 Å². The van der Waals surface area contributed by atoms with Crippen molar-refractivity contribution in [2.45, 2.75) is 0 Å². The molecule has 0 aliphatic rings. The van der Waals surface area contributed by atoms with Crippen molar-refractivity contribution in [1.29, 1.82) is 0 Å². The highest BCUT2D eigenvalue weighted by atomic mass is 15.1. The number of hydrogen-bond donors (Lipinski definition) is 0. The van der Waals surface area contributed by atoms with Crippen LogP contribution in [0.1, 0.15) is 0 Å². The lowest BCUT2D eigenvalue weighted by molar-refractivity contribution is 1.15. The molecule has 26 aromatic rings. The average Bonchev–Trinajstić information content (AvgIpc) is 1.55. The summed E-state index contributed by atoms with van der Waals surface area (Å²) in [5.74, 6) is 0. The molecule has 20 aromatic carbocycles. The third kappa shape index (κ3) is 11.7. The molecule has 0 saturated carbocycles. The molecule has 0 aliphatic heterocycles. The van der Waals surface area contributed by atoms with Gasteiger partial charge in [-0.1, -0.05) is 322 Å². The summed E-state index contributed by atoms with van der Waals surface area (Å²) in [5, 5.41) is 14.9. The van der Waals surface area contributed by atoms with E-state index in [1.165, 1.54) is 198 Å². The molecule has 0 N–H and O–H groups in total. The summed E-state index contributed by atoms with van der Waals surface area (Å²) in [4.78, 5) is 0. The lowest BCUT2D eigenvalue weighted by Crippen LogP contribution is -1.98. The summed E-state index contributed by atoms with van der Waals surface area (Å²) >= 11 is 0. The van der Waals surface area contributed by atoms with Gasteiger partial charge >= 0.3 is 0 Å². The number of benzene rings is 20. The molecule has 6 heteroatoms. The maximum atomic E-state index is 2.49. The third-order valence-electron chi connectivity index (χ3n) is 26.1. The number of rotatable bonds is 12. The SMILES string of the molecule is c1ccc(-c2ccc(-n3c4ccccc4c4cc(-c5ccc6c(c5)c5c(ccc7c8ccccc8n(-c8ccccc8)c75)n6-c5ccc(-c6ccccc6)cc5)ccc43)cc2)cc1.c1ccc(-c2ccc(-n3c4ccccc4c4cc(-c5ccc6c(c5)c5ccc7c8ccccc8n(-c8ccccc8)c7c5n6-c5ccc(-c6ccccc6)cc5)ccc43)cc2)cc1. The second-order valence-corrected chi connectivity index (χ2v) is 33.0. The Morgan fingerprint density at radius 1 is 0.103 bits per heavy atom. The Bertz CT molecular complexity index is 8730. The number of hydrogen-bond acceptors (Lipinski definition) is 0. The van der Waals surface area contributed by atoms with Crippen molar-refractivity contribution in [2.75, 3.05) is 0 Å². The highest BCUT2D eigenvalue weighted by Crippen LogP contribution is 2.48. The Labute approximate surface area is 727 Å². The van der Waals surface area contributed by atoms with Crippen molar-refractivity contribution in [3.05, 3.63) is 473 Å². The van der Waals surface area contributed by atoms with Gasteiger partial charge in [0.25, 0.3) is 0 Å². The summed E-state index contributed by atoms with van der Waals surface area (Å²) in [5.41, 5.74) is 35.7. The van der Waals surface area contributed by atoms with E-state index in [9.17, 15) is 0 Å². The summed E-state index contributed by atoms with van der Waals surface area (Å²) in [6.07, 6.45) is 0. The normalized spacial score (nSPS) is 11.8. The fourth-order valence-corrected chi connectivity index (χ4v) is 20.3. The minimum Gasteiger partial charge on any atom is -0.309 e. The van der Waals surface area contributed by atoms with Gasteiger partial charge in [-0.05, 0) is 218 Å². The molecule has 0 aliphatic carbocycles. The van der Waals surface area contributed by atoms with Gasteiger partial charge in [-0.3, -0.25) is 0 Å². The molecule has 6 nitrogen and oxygen atoms in total. The first-order valence-electron chi connectivity index (χ1n) is 43.4. The van der Waals surface area contributed by atoms with E-state index in [0.29, 0.717) is 0 Å². The van der Waals surface area contributed by atoms with Crippen LogP contribution in [0.2, 0.25) is 0 Å². The minimum absolute atomic E-state index is 1.13. The Morgan fingerprint density at radius 2 is 0.302 bits per heavy atom. The van der Waals surface area contributed by atoms with Gasteiger partial charge in [0, 0.05) is 98.8 Å². The summed E-state index contributed by atoms with van der Waals surface area (Å²) in [6.45, 7) is 0. The molecular weight excluding hydrogens is 1530 g/mol. The molecule has 26 rings (SSSR count). The number of nitrogens with zero attached hydrogens (tertiary/aromatic N) is 6. The first-order chi connectivity index (χ1) is 62.5. The molecule has 0 spiro atoms. The zero-order valence-electron chi connectivity index (χ0n) is 68.7. The molecule has 6 heterocycles. The lowest BCUT2D eigenvalue weighted by atomic mass is 10.00. The van der Waals surface area contributed by atoms with Gasteiger partial charge in [0.1, 0.15) is 0 Å². The first-order valence-corrected chi connectivity index (χ1v) is 43.4. The van der Waals surface area contributed by atoms with E-state index in [1.807, 2.05) is 0 Å². The monoisotopic (exact) mass is 1600 g/mol. The molecule has 126 heavy (non-hydrogen) atoms. The van der Waals surface area contributed by atoms with Gasteiger partial charge < -0.3 is 27.4 Å². The fraction of sp³-hybridized carbons (Fsp3) is 0. The number of fused-ring (bicyclic) bond motifs is 20. The molecule has 0 atom stereocenters. The second-order valence-electron chi connectivity index (χ2n) is 33.0. The van der Waals surface area contributed by atoms with Crippen molar-refractivity contribution in [1.82, 2.24) is 27.4 Å². The number of aromatic nitrogens is 6. The standard InChI is InChI=1S/2C60H39N3/c1-4-14-40(15-5-1)42-24-30-47(31-25-42)61-55-22-12-11-21-50(55)53-38-44(28-36-57(53)61)45-29-37-58-54(39-45)52-35-34-51-49-20-10-13-23-56(49)62(46-18-8-3-9-19-46)59(51)60(52)63(58)48-32-26-43(27-33-48)41-16-6-2-7-17-41;1-4-14-40(15-5-1)42-24-30-47(31-25-42)61-54-22-12-11-21-50(54)52-38-44(28-35-56(52)61)45-29-36-57-53(39-45)59-58(62(57)48-32-26-43(27-33-48)41-16-6-2-7-17-41)37-34-51-49-20-10-13-23-55(49)63(60(51)59)46-18-8-3-9-19-46/h2*1-39H. The molecule has 0 radical (unpaired) electrons. The highest BCUT2D eigenvalue weighted by Gasteiger charge is 2.26. The zero-order chi connectivity index (χ0) is 82.9. The lowest BCUT2D eigenvalue weighted by Gasteiger charge is -2.13. The van der Waals surface area contributed by atoms with Gasteiger partial charge in [-0.15, -0.1) is 0 Å². The zero-order valence-corrected chi connectivity index (χ0v) is 68.7. The van der Waals surface area contributed by atoms with Crippen molar-refractivity contribution >= 4 is 131 Å². The fourth-order valence-electron chi connectivity index (χ4n) is 20.3. The molecule has 6 aromatic heterocycles. The Kier molecular flexibility index (Phi) is 16.9. The summed E-state index contributed by atoms with van der Waals surface area (Å²) in [7, 11) is 0. The van der Waals surface area contributed by atoms with Crippen LogP contribution >= 0.6 is 0 Å².